The van der Waals surface area contributed by atoms with E-state index >= 15 is 0 Å². The maximum atomic E-state index is 9.69. The molecule has 0 unspecified atom stereocenters. The van der Waals surface area contributed by atoms with Crippen LogP contribution in [0.1, 0.15) is 5.56 Å². The standard InChI is InChI=1S/C13H15N3O/c14-10-5-3-7-13(17)9(10)8-16-12-6-2-1-4-11(12)15/h1-7,16-17H,8,14-15H2. The average Bonchev–Trinajstić information content (AvgIpc) is 2.30. The van der Waals surface area contributed by atoms with E-state index in [1.165, 1.54) is 0 Å². The molecule has 0 fully saturated rings. The van der Waals surface area contributed by atoms with Crippen molar-refractivity contribution in [3.05, 3.63) is 48.0 Å². The van der Waals surface area contributed by atoms with Crippen LogP contribution in [0.4, 0.5) is 17.1 Å². The third-order valence-electron chi connectivity index (χ3n) is 2.60. The molecule has 0 spiro atoms. The number of anilines is 3. The summed E-state index contributed by atoms with van der Waals surface area (Å²) in [5, 5.41) is 12.8. The fourth-order valence-electron chi connectivity index (χ4n) is 1.63. The van der Waals surface area contributed by atoms with Gasteiger partial charge in [0.1, 0.15) is 5.75 Å². The Labute approximate surface area is 99.9 Å². The summed E-state index contributed by atoms with van der Waals surface area (Å²) in [7, 11) is 0. The Hall–Kier alpha value is -2.36. The maximum absolute atomic E-state index is 9.69. The van der Waals surface area contributed by atoms with Crippen molar-refractivity contribution < 1.29 is 5.11 Å². The number of benzene rings is 2. The fourth-order valence-corrected chi connectivity index (χ4v) is 1.63. The Kier molecular flexibility index (Phi) is 3.05. The van der Waals surface area contributed by atoms with Gasteiger partial charge in [-0.15, -0.1) is 0 Å². The van der Waals surface area contributed by atoms with Crippen LogP contribution < -0.4 is 16.8 Å². The molecule has 0 heterocycles. The van der Waals surface area contributed by atoms with E-state index in [-0.39, 0.29) is 5.75 Å². The van der Waals surface area contributed by atoms with Crippen LogP contribution >= 0.6 is 0 Å². The molecule has 88 valence electrons. The molecule has 2 rings (SSSR count). The van der Waals surface area contributed by atoms with Gasteiger partial charge in [-0.05, 0) is 24.3 Å². The topological polar surface area (TPSA) is 84.3 Å². The number of hydrogen-bond acceptors (Lipinski definition) is 4. The number of nitrogen functional groups attached to an aromatic ring is 2. The number of para-hydroxylation sites is 2. The summed E-state index contributed by atoms with van der Waals surface area (Å²) < 4.78 is 0. The molecule has 0 aromatic heterocycles. The Bertz CT molecular complexity index is 506. The zero-order chi connectivity index (χ0) is 12.3. The zero-order valence-electron chi connectivity index (χ0n) is 9.35. The summed E-state index contributed by atoms with van der Waals surface area (Å²) in [5.41, 5.74) is 14.3. The van der Waals surface area contributed by atoms with Gasteiger partial charge in [-0.1, -0.05) is 18.2 Å². The van der Waals surface area contributed by atoms with E-state index in [9.17, 15) is 5.11 Å². The lowest BCUT2D eigenvalue weighted by Crippen LogP contribution is -2.05. The van der Waals surface area contributed by atoms with Crippen molar-refractivity contribution in [2.75, 3.05) is 16.8 Å². The fraction of sp³-hybridized carbons (Fsp3) is 0.0769. The largest absolute Gasteiger partial charge is 0.508 e. The van der Waals surface area contributed by atoms with E-state index in [0.717, 1.165) is 5.69 Å². The highest BCUT2D eigenvalue weighted by Gasteiger charge is 2.05. The van der Waals surface area contributed by atoms with Crippen LogP contribution in [0.25, 0.3) is 0 Å². The van der Waals surface area contributed by atoms with Crippen molar-refractivity contribution in [2.45, 2.75) is 6.54 Å². The quantitative estimate of drug-likeness (QED) is 0.608. The minimum atomic E-state index is 0.187. The second-order valence-electron chi connectivity index (χ2n) is 3.79. The van der Waals surface area contributed by atoms with Gasteiger partial charge >= 0.3 is 0 Å². The van der Waals surface area contributed by atoms with Gasteiger partial charge in [-0.3, -0.25) is 0 Å². The lowest BCUT2D eigenvalue weighted by atomic mass is 10.1. The third-order valence-corrected chi connectivity index (χ3v) is 2.60. The summed E-state index contributed by atoms with van der Waals surface area (Å²) in [4.78, 5) is 0. The molecule has 0 bridgehead atoms. The van der Waals surface area contributed by atoms with Crippen molar-refractivity contribution in [3.63, 3.8) is 0 Å². The van der Waals surface area contributed by atoms with Crippen molar-refractivity contribution in [1.82, 2.24) is 0 Å². The molecule has 6 N–H and O–H groups in total. The molecule has 0 atom stereocenters. The Morgan fingerprint density at radius 1 is 0.941 bits per heavy atom. The van der Waals surface area contributed by atoms with Crippen LogP contribution in [0, 0.1) is 0 Å². The first kappa shape index (κ1) is 11.1. The van der Waals surface area contributed by atoms with E-state index < -0.39 is 0 Å². The maximum Gasteiger partial charge on any atom is 0.122 e. The predicted molar refractivity (Wildman–Crippen MR) is 70.7 cm³/mol. The molecule has 0 radical (unpaired) electrons. The molecule has 2 aromatic rings. The molecule has 4 nitrogen and oxygen atoms in total. The molecule has 4 heteroatoms. The van der Waals surface area contributed by atoms with Gasteiger partial charge in [-0.25, -0.2) is 0 Å². The number of phenolic OH excluding ortho intramolecular Hbond substituents is 1. The molecule has 17 heavy (non-hydrogen) atoms. The average molecular weight is 229 g/mol. The van der Waals surface area contributed by atoms with Gasteiger partial charge in [0.25, 0.3) is 0 Å². The molecule has 0 saturated carbocycles. The number of hydrogen-bond donors (Lipinski definition) is 4. The first-order valence-electron chi connectivity index (χ1n) is 5.33. The third kappa shape index (κ3) is 2.42. The van der Waals surface area contributed by atoms with Crippen LogP contribution in [0.15, 0.2) is 42.5 Å². The number of nitrogens with two attached hydrogens (primary N) is 2. The van der Waals surface area contributed by atoms with Crippen molar-refractivity contribution >= 4 is 17.1 Å². The molecule has 0 saturated heterocycles. The van der Waals surface area contributed by atoms with E-state index in [0.29, 0.717) is 23.5 Å². The molecule has 0 aliphatic heterocycles. The number of phenols is 1. The zero-order valence-corrected chi connectivity index (χ0v) is 9.35. The minimum absolute atomic E-state index is 0.187. The molecule has 2 aromatic carbocycles. The number of nitrogens with one attached hydrogen (secondary N) is 1. The Balaban J connectivity index is 2.16. The monoisotopic (exact) mass is 229 g/mol. The highest BCUT2D eigenvalue weighted by Crippen LogP contribution is 2.25. The van der Waals surface area contributed by atoms with E-state index in [4.69, 9.17) is 11.5 Å². The van der Waals surface area contributed by atoms with Gasteiger partial charge in [0, 0.05) is 17.8 Å². The van der Waals surface area contributed by atoms with Crippen LogP contribution in [0.3, 0.4) is 0 Å². The summed E-state index contributed by atoms with van der Waals surface area (Å²) >= 11 is 0. The Morgan fingerprint density at radius 3 is 2.35 bits per heavy atom. The minimum Gasteiger partial charge on any atom is -0.508 e. The van der Waals surface area contributed by atoms with Crippen LogP contribution in [0.5, 0.6) is 5.75 Å². The van der Waals surface area contributed by atoms with Crippen molar-refractivity contribution in [1.29, 1.82) is 0 Å². The Morgan fingerprint density at radius 2 is 1.65 bits per heavy atom. The van der Waals surface area contributed by atoms with Gasteiger partial charge in [-0.2, -0.15) is 0 Å². The summed E-state index contributed by atoms with van der Waals surface area (Å²) in [6.45, 7) is 0.437. The second-order valence-corrected chi connectivity index (χ2v) is 3.79. The molecule has 0 aliphatic carbocycles. The van der Waals surface area contributed by atoms with Gasteiger partial charge in [0.15, 0.2) is 0 Å². The number of aromatic hydroxyl groups is 1. The molecule has 0 amide bonds. The van der Waals surface area contributed by atoms with E-state index in [2.05, 4.69) is 5.32 Å². The van der Waals surface area contributed by atoms with Crippen molar-refractivity contribution in [2.24, 2.45) is 0 Å². The molecular formula is C13H15N3O. The molecule has 0 aliphatic rings. The van der Waals surface area contributed by atoms with Crippen LogP contribution in [-0.4, -0.2) is 5.11 Å². The molecular weight excluding hydrogens is 214 g/mol. The smallest absolute Gasteiger partial charge is 0.122 e. The number of rotatable bonds is 3. The van der Waals surface area contributed by atoms with Gasteiger partial charge in [0.2, 0.25) is 0 Å². The highest BCUT2D eigenvalue weighted by atomic mass is 16.3. The highest BCUT2D eigenvalue weighted by molar-refractivity contribution is 5.66. The summed E-state index contributed by atoms with van der Waals surface area (Å²) in [6.07, 6.45) is 0. The first-order chi connectivity index (χ1) is 8.18. The van der Waals surface area contributed by atoms with E-state index in [1.807, 2.05) is 24.3 Å². The van der Waals surface area contributed by atoms with Gasteiger partial charge in [0.05, 0.1) is 11.4 Å². The lowest BCUT2D eigenvalue weighted by Gasteiger charge is -2.11. The first-order valence-corrected chi connectivity index (χ1v) is 5.33. The SMILES string of the molecule is Nc1ccccc1NCc1c(N)cccc1O. The normalized spacial score (nSPS) is 10.1. The summed E-state index contributed by atoms with van der Waals surface area (Å²) in [6, 6.07) is 12.5. The lowest BCUT2D eigenvalue weighted by molar-refractivity contribution is 0.469. The second kappa shape index (κ2) is 4.65. The van der Waals surface area contributed by atoms with Gasteiger partial charge < -0.3 is 21.9 Å². The predicted octanol–water partition coefficient (Wildman–Crippen LogP) is 2.17. The van der Waals surface area contributed by atoms with Crippen molar-refractivity contribution in [3.8, 4) is 5.75 Å². The van der Waals surface area contributed by atoms with E-state index in [1.54, 1.807) is 18.2 Å². The summed E-state index contributed by atoms with van der Waals surface area (Å²) in [5.74, 6) is 0.187. The van der Waals surface area contributed by atoms with Crippen LogP contribution in [-0.2, 0) is 6.54 Å². The van der Waals surface area contributed by atoms with Crippen LogP contribution in [0.2, 0.25) is 0 Å².